The zero-order valence-corrected chi connectivity index (χ0v) is 23.0. The highest BCUT2D eigenvalue weighted by Crippen LogP contribution is 2.30. The molecule has 0 atom stereocenters. The van der Waals surface area contributed by atoms with E-state index in [1.54, 1.807) is 12.1 Å². The fraction of sp³-hybridized carbons (Fsp3) is 0.500. The van der Waals surface area contributed by atoms with E-state index in [0.717, 1.165) is 30.4 Å². The number of sulfonamides is 1. The first kappa shape index (κ1) is 27.9. The molecule has 3 rings (SSSR count). The van der Waals surface area contributed by atoms with Crippen molar-refractivity contribution in [3.63, 3.8) is 0 Å². The standard InChI is InChI=1S/C28H38N2O5S/c1-27(2,3)21-15-20(16-22(17-21)28(4,5)6)26(32)35-19-25(31)29-23-11-10-12-24(18-23)36(33,34)30-13-8-7-9-14-30/h10-12,15-18H,7-9,13-14,19H2,1-6H3,(H,29,31). The molecule has 1 aliphatic heterocycles. The lowest BCUT2D eigenvalue weighted by molar-refractivity contribution is -0.119. The second-order valence-electron chi connectivity index (χ2n) is 11.4. The third-order valence-electron chi connectivity index (χ3n) is 6.31. The van der Waals surface area contributed by atoms with Gasteiger partial charge in [0.2, 0.25) is 10.0 Å². The maximum atomic E-state index is 12.9. The van der Waals surface area contributed by atoms with Gasteiger partial charge in [-0.25, -0.2) is 13.2 Å². The fourth-order valence-corrected chi connectivity index (χ4v) is 5.58. The van der Waals surface area contributed by atoms with Crippen LogP contribution in [0.5, 0.6) is 0 Å². The van der Waals surface area contributed by atoms with Crippen LogP contribution >= 0.6 is 0 Å². The minimum atomic E-state index is -3.62. The fourth-order valence-electron chi connectivity index (χ4n) is 4.01. The molecule has 7 nitrogen and oxygen atoms in total. The molecule has 2 aromatic rings. The van der Waals surface area contributed by atoms with Gasteiger partial charge in [0, 0.05) is 18.8 Å². The van der Waals surface area contributed by atoms with Crippen molar-refractivity contribution in [2.24, 2.45) is 0 Å². The largest absolute Gasteiger partial charge is 0.452 e. The SMILES string of the molecule is CC(C)(C)c1cc(C(=O)OCC(=O)Nc2cccc(S(=O)(=O)N3CCCCC3)c2)cc(C(C)(C)C)c1. The molecule has 1 saturated heterocycles. The molecule has 0 aliphatic carbocycles. The molecule has 0 spiro atoms. The number of carbonyl (C=O) groups is 2. The number of carbonyl (C=O) groups excluding carboxylic acids is 2. The zero-order chi connectivity index (χ0) is 26.7. The van der Waals surface area contributed by atoms with Crippen molar-refractivity contribution < 1.29 is 22.7 Å². The van der Waals surface area contributed by atoms with Gasteiger partial charge in [-0.15, -0.1) is 0 Å². The molecule has 1 fully saturated rings. The number of hydrogen-bond acceptors (Lipinski definition) is 5. The summed E-state index contributed by atoms with van der Waals surface area (Å²) in [7, 11) is -3.62. The van der Waals surface area contributed by atoms with Crippen molar-refractivity contribution in [3.05, 3.63) is 59.2 Å². The summed E-state index contributed by atoms with van der Waals surface area (Å²) >= 11 is 0. The van der Waals surface area contributed by atoms with E-state index in [-0.39, 0.29) is 15.7 Å². The Morgan fingerprint density at radius 1 is 0.889 bits per heavy atom. The topological polar surface area (TPSA) is 92.8 Å². The third kappa shape index (κ3) is 6.95. The van der Waals surface area contributed by atoms with Gasteiger partial charge in [0.25, 0.3) is 5.91 Å². The van der Waals surface area contributed by atoms with E-state index in [2.05, 4.69) is 52.9 Å². The van der Waals surface area contributed by atoms with Gasteiger partial charge in [0.1, 0.15) is 0 Å². The van der Waals surface area contributed by atoms with Crippen molar-refractivity contribution in [1.29, 1.82) is 0 Å². The van der Waals surface area contributed by atoms with Gasteiger partial charge in [0.05, 0.1) is 10.5 Å². The second-order valence-corrected chi connectivity index (χ2v) is 13.4. The van der Waals surface area contributed by atoms with Crippen LogP contribution in [-0.4, -0.2) is 44.3 Å². The van der Waals surface area contributed by atoms with E-state index in [0.29, 0.717) is 24.3 Å². The molecule has 1 heterocycles. The van der Waals surface area contributed by atoms with Crippen molar-refractivity contribution in [1.82, 2.24) is 4.31 Å². The van der Waals surface area contributed by atoms with E-state index in [1.807, 2.05) is 12.1 Å². The average molecular weight is 515 g/mol. The molecule has 0 unspecified atom stereocenters. The van der Waals surface area contributed by atoms with E-state index < -0.39 is 28.5 Å². The molecule has 36 heavy (non-hydrogen) atoms. The lowest BCUT2D eigenvalue weighted by Crippen LogP contribution is -2.35. The van der Waals surface area contributed by atoms with Gasteiger partial charge < -0.3 is 10.1 Å². The predicted molar refractivity (Wildman–Crippen MR) is 142 cm³/mol. The summed E-state index contributed by atoms with van der Waals surface area (Å²) in [6, 6.07) is 11.9. The number of hydrogen-bond donors (Lipinski definition) is 1. The Morgan fingerprint density at radius 3 is 2.03 bits per heavy atom. The summed E-state index contributed by atoms with van der Waals surface area (Å²) in [6.07, 6.45) is 2.71. The number of nitrogens with zero attached hydrogens (tertiary/aromatic N) is 1. The van der Waals surface area contributed by atoms with Crippen LogP contribution in [0.2, 0.25) is 0 Å². The lowest BCUT2D eigenvalue weighted by atomic mass is 9.79. The molecule has 0 saturated carbocycles. The van der Waals surface area contributed by atoms with Crippen molar-refractivity contribution in [2.45, 2.75) is 76.5 Å². The second kappa shape index (κ2) is 10.7. The molecule has 0 aromatic heterocycles. The third-order valence-corrected chi connectivity index (χ3v) is 8.20. The van der Waals surface area contributed by atoms with Crippen LogP contribution in [0.15, 0.2) is 47.4 Å². The van der Waals surface area contributed by atoms with E-state index in [9.17, 15) is 18.0 Å². The van der Waals surface area contributed by atoms with E-state index in [4.69, 9.17) is 4.74 Å². The number of anilines is 1. The van der Waals surface area contributed by atoms with Crippen LogP contribution in [0.1, 0.15) is 82.3 Å². The Labute approximate surface area is 215 Å². The van der Waals surface area contributed by atoms with Gasteiger partial charge >= 0.3 is 5.97 Å². The highest BCUT2D eigenvalue weighted by molar-refractivity contribution is 7.89. The molecular formula is C28H38N2O5S. The monoisotopic (exact) mass is 514 g/mol. The van der Waals surface area contributed by atoms with Crippen LogP contribution in [0.25, 0.3) is 0 Å². The molecule has 2 aromatic carbocycles. The Hall–Kier alpha value is -2.71. The normalized spacial score (nSPS) is 15.4. The van der Waals surface area contributed by atoms with Gasteiger partial charge in [-0.2, -0.15) is 4.31 Å². The van der Waals surface area contributed by atoms with Gasteiger partial charge in [-0.05, 0) is 65.1 Å². The number of piperidine rings is 1. The Kier molecular flexibility index (Phi) is 8.30. The van der Waals surface area contributed by atoms with Gasteiger partial charge in [-0.3, -0.25) is 4.79 Å². The number of rotatable bonds is 6. The molecular weight excluding hydrogens is 476 g/mol. The zero-order valence-electron chi connectivity index (χ0n) is 22.2. The number of benzene rings is 2. The number of amides is 1. The maximum Gasteiger partial charge on any atom is 0.338 e. The van der Waals surface area contributed by atoms with Crippen LogP contribution < -0.4 is 5.32 Å². The first-order valence-electron chi connectivity index (χ1n) is 12.4. The summed E-state index contributed by atoms with van der Waals surface area (Å²) in [4.78, 5) is 25.5. The van der Waals surface area contributed by atoms with E-state index in [1.165, 1.54) is 16.4 Å². The van der Waals surface area contributed by atoms with Gasteiger partial charge in [0.15, 0.2) is 6.61 Å². The summed E-state index contributed by atoms with van der Waals surface area (Å²) in [6.45, 7) is 13.0. The molecule has 1 aliphatic rings. The summed E-state index contributed by atoms with van der Waals surface area (Å²) < 4.78 is 32.7. The molecule has 0 bridgehead atoms. The Balaban J connectivity index is 1.69. The molecule has 1 amide bonds. The number of nitrogens with one attached hydrogen (secondary N) is 1. The summed E-state index contributed by atoms with van der Waals surface area (Å²) in [5.74, 6) is -1.12. The maximum absolute atomic E-state index is 12.9. The Morgan fingerprint density at radius 2 is 1.47 bits per heavy atom. The van der Waals surface area contributed by atoms with Crippen molar-refractivity contribution in [2.75, 3.05) is 25.0 Å². The first-order valence-corrected chi connectivity index (χ1v) is 13.9. The smallest absolute Gasteiger partial charge is 0.338 e. The minimum Gasteiger partial charge on any atom is -0.452 e. The lowest BCUT2D eigenvalue weighted by Gasteiger charge is -2.26. The number of esters is 1. The van der Waals surface area contributed by atoms with Gasteiger partial charge in [-0.1, -0.05) is 60.1 Å². The quantitative estimate of drug-likeness (QED) is 0.532. The van der Waals surface area contributed by atoms with Crippen LogP contribution in [0.4, 0.5) is 5.69 Å². The minimum absolute atomic E-state index is 0.132. The predicted octanol–water partition coefficient (Wildman–Crippen LogP) is 5.25. The highest BCUT2D eigenvalue weighted by atomic mass is 32.2. The summed E-state index contributed by atoms with van der Waals surface area (Å²) in [5.41, 5.74) is 2.44. The molecule has 8 heteroatoms. The molecule has 196 valence electrons. The average Bonchev–Trinajstić information content (AvgIpc) is 2.82. The molecule has 0 radical (unpaired) electrons. The highest BCUT2D eigenvalue weighted by Gasteiger charge is 2.26. The first-order chi connectivity index (χ1) is 16.7. The van der Waals surface area contributed by atoms with Crippen LogP contribution in [0, 0.1) is 0 Å². The van der Waals surface area contributed by atoms with Crippen molar-refractivity contribution in [3.8, 4) is 0 Å². The molecule has 1 N–H and O–H groups in total. The Bertz CT molecular complexity index is 1180. The van der Waals surface area contributed by atoms with Crippen LogP contribution in [0.3, 0.4) is 0 Å². The van der Waals surface area contributed by atoms with E-state index >= 15 is 0 Å². The number of ether oxygens (including phenoxy) is 1. The van der Waals surface area contributed by atoms with Crippen LogP contribution in [-0.2, 0) is 30.4 Å². The summed E-state index contributed by atoms with van der Waals surface area (Å²) in [5, 5.41) is 2.64. The van der Waals surface area contributed by atoms with Crippen molar-refractivity contribution >= 4 is 27.6 Å².